The molecule has 0 amide bonds. The molecule has 134 valence electrons. The molecule has 1 aromatic heterocycles. The van der Waals surface area contributed by atoms with E-state index >= 15 is 0 Å². The minimum atomic E-state index is -0.373. The summed E-state index contributed by atoms with van der Waals surface area (Å²) in [5, 5.41) is 0.847. The summed E-state index contributed by atoms with van der Waals surface area (Å²) in [5.41, 5.74) is 2.39. The van der Waals surface area contributed by atoms with Gasteiger partial charge in [-0.1, -0.05) is 30.3 Å². The Morgan fingerprint density at radius 3 is 2.77 bits per heavy atom. The number of fused-ring (bicyclic) bond motifs is 1. The topological polar surface area (TPSA) is 54.6 Å². The Kier molecular flexibility index (Phi) is 5.77. The number of carbonyl (C=O) groups is 1. The summed E-state index contributed by atoms with van der Waals surface area (Å²) in [6.45, 7) is 4.34. The Labute approximate surface area is 153 Å². The summed E-state index contributed by atoms with van der Waals surface area (Å²) < 4.78 is 10.8. The number of aromatic amines is 1. The van der Waals surface area contributed by atoms with Gasteiger partial charge in [0.25, 0.3) is 0 Å². The Balaban J connectivity index is 1.54. The molecule has 0 fully saturated rings. The normalized spacial score (nSPS) is 10.7. The van der Waals surface area contributed by atoms with Crippen molar-refractivity contribution < 1.29 is 14.3 Å². The highest BCUT2D eigenvalue weighted by Crippen LogP contribution is 2.19. The number of nitrogens with one attached hydrogen (secondary N) is 1. The zero-order valence-corrected chi connectivity index (χ0v) is 15.0. The van der Waals surface area contributed by atoms with Crippen LogP contribution in [-0.4, -0.2) is 42.7 Å². The molecule has 0 saturated carbocycles. The van der Waals surface area contributed by atoms with E-state index < -0.39 is 0 Å². The number of nitrogens with zero attached hydrogens (tertiary/aromatic N) is 1. The first-order chi connectivity index (χ1) is 12.7. The Hall–Kier alpha value is -2.97. The van der Waals surface area contributed by atoms with E-state index in [1.165, 1.54) is 5.56 Å². The van der Waals surface area contributed by atoms with Crippen molar-refractivity contribution in [3.63, 3.8) is 0 Å². The van der Waals surface area contributed by atoms with Crippen molar-refractivity contribution in [1.29, 1.82) is 0 Å². The van der Waals surface area contributed by atoms with Gasteiger partial charge in [-0.15, -0.1) is 0 Å². The number of H-pyrrole nitrogens is 1. The van der Waals surface area contributed by atoms with Gasteiger partial charge in [-0.05, 0) is 43.8 Å². The molecule has 0 aliphatic rings. The largest absolute Gasteiger partial charge is 0.484 e. The molecule has 2 aromatic carbocycles. The molecule has 0 aliphatic carbocycles. The Morgan fingerprint density at radius 2 is 2.00 bits per heavy atom. The van der Waals surface area contributed by atoms with Gasteiger partial charge in [0.2, 0.25) is 0 Å². The van der Waals surface area contributed by atoms with Gasteiger partial charge in [0.15, 0.2) is 5.75 Å². The molecule has 0 atom stereocenters. The average Bonchev–Trinajstić information content (AvgIpc) is 3.06. The van der Waals surface area contributed by atoms with Crippen molar-refractivity contribution in [1.82, 2.24) is 9.88 Å². The number of esters is 1. The van der Waals surface area contributed by atoms with Crippen LogP contribution < -0.4 is 4.74 Å². The quantitative estimate of drug-likeness (QED) is 0.632. The summed E-state index contributed by atoms with van der Waals surface area (Å²) in [6.07, 6.45) is 0. The first-order valence-corrected chi connectivity index (χ1v) is 8.65. The second kappa shape index (κ2) is 8.41. The number of benzene rings is 1. The number of hydrogen-bond donors (Lipinski definition) is 1. The predicted octanol–water partition coefficient (Wildman–Crippen LogP) is 3.46. The highest BCUT2D eigenvalue weighted by Gasteiger charge is 2.10. The summed E-state index contributed by atoms with van der Waals surface area (Å²) in [7, 11) is 2.06. The third kappa shape index (κ3) is 4.56. The first-order valence-electron chi connectivity index (χ1n) is 8.65. The van der Waals surface area contributed by atoms with Crippen molar-refractivity contribution in [3.8, 4) is 5.75 Å². The molecule has 1 N–H and O–H groups in total. The van der Waals surface area contributed by atoms with Crippen molar-refractivity contribution in [2.75, 3.05) is 26.8 Å². The highest BCUT2D eigenvalue weighted by atomic mass is 16.5. The highest BCUT2D eigenvalue weighted by molar-refractivity contribution is 5.94. The Morgan fingerprint density at radius 1 is 1.19 bits per heavy atom. The van der Waals surface area contributed by atoms with Crippen molar-refractivity contribution in [2.24, 2.45) is 0 Å². The molecular weight excluding hydrogens is 328 g/mol. The van der Waals surface area contributed by atoms with Gasteiger partial charge >= 0.3 is 5.97 Å². The fraction of sp³-hybridized carbons (Fsp3) is 0.286. The van der Waals surface area contributed by atoms with Crippen LogP contribution >= 0.6 is 0 Å². The zero-order valence-electron chi connectivity index (χ0n) is 15.0. The summed E-state index contributed by atoms with van der Waals surface area (Å²) in [6, 6.07) is 19.9. The van der Waals surface area contributed by atoms with Crippen molar-refractivity contribution in [3.05, 3.63) is 65.9 Å². The molecule has 5 heteroatoms. The van der Waals surface area contributed by atoms with E-state index in [0.29, 0.717) is 30.2 Å². The maximum atomic E-state index is 11.8. The van der Waals surface area contributed by atoms with Crippen LogP contribution in [0.1, 0.15) is 23.0 Å². The third-order valence-corrected chi connectivity index (χ3v) is 3.97. The number of aromatic nitrogens is 1. The SMILES string of the molecule is CCOC(=O)c1cc2cc(OCCN(C)Cc3ccccc3)c#cc2[nH]1. The third-order valence-electron chi connectivity index (χ3n) is 3.97. The van der Waals surface area contributed by atoms with Gasteiger partial charge < -0.3 is 14.5 Å². The molecule has 0 unspecified atom stereocenters. The van der Waals surface area contributed by atoms with Crippen LogP contribution in [0, 0.1) is 12.1 Å². The van der Waals surface area contributed by atoms with Gasteiger partial charge in [0.1, 0.15) is 12.3 Å². The monoisotopic (exact) mass is 350 g/mol. The molecule has 3 rings (SSSR count). The minimum Gasteiger partial charge on any atom is -0.484 e. The van der Waals surface area contributed by atoms with Gasteiger partial charge in [-0.2, -0.15) is 0 Å². The molecular formula is C21H22N2O3. The molecule has 26 heavy (non-hydrogen) atoms. The van der Waals surface area contributed by atoms with Crippen LogP contribution in [0.25, 0.3) is 10.9 Å². The molecule has 1 heterocycles. The lowest BCUT2D eigenvalue weighted by Crippen LogP contribution is -2.23. The zero-order chi connectivity index (χ0) is 18.4. The number of carbonyl (C=O) groups excluding carboxylic acids is 1. The van der Waals surface area contributed by atoms with Crippen molar-refractivity contribution >= 4 is 16.9 Å². The van der Waals surface area contributed by atoms with Gasteiger partial charge in [0, 0.05) is 18.5 Å². The lowest BCUT2D eigenvalue weighted by Gasteiger charge is -2.16. The number of likely N-dealkylation sites (N-methyl/N-ethyl adjacent to an activating group) is 1. The average molecular weight is 350 g/mol. The van der Waals surface area contributed by atoms with E-state index in [1.54, 1.807) is 13.0 Å². The molecule has 0 bridgehead atoms. The van der Waals surface area contributed by atoms with Gasteiger partial charge in [0.05, 0.1) is 12.1 Å². The number of ether oxygens (including phenoxy) is 2. The first kappa shape index (κ1) is 17.8. The van der Waals surface area contributed by atoms with E-state index in [0.717, 1.165) is 18.5 Å². The van der Waals surface area contributed by atoms with E-state index in [4.69, 9.17) is 9.47 Å². The fourth-order valence-corrected chi connectivity index (χ4v) is 2.67. The molecule has 0 spiro atoms. The lowest BCUT2D eigenvalue weighted by molar-refractivity contribution is 0.0520. The second-order valence-corrected chi connectivity index (χ2v) is 6.06. The van der Waals surface area contributed by atoms with E-state index in [-0.39, 0.29) is 5.97 Å². The van der Waals surface area contributed by atoms with Gasteiger partial charge in [-0.3, -0.25) is 4.90 Å². The van der Waals surface area contributed by atoms with E-state index in [2.05, 4.69) is 41.2 Å². The van der Waals surface area contributed by atoms with E-state index in [9.17, 15) is 4.79 Å². The number of rotatable bonds is 8. The Bertz CT molecular complexity index is 858. The van der Waals surface area contributed by atoms with Crippen molar-refractivity contribution in [2.45, 2.75) is 13.5 Å². The summed E-state index contributed by atoms with van der Waals surface area (Å²) >= 11 is 0. The molecule has 0 aliphatic heterocycles. The summed E-state index contributed by atoms with van der Waals surface area (Å²) in [5.74, 6) is 0.238. The fourth-order valence-electron chi connectivity index (χ4n) is 2.67. The smallest absolute Gasteiger partial charge is 0.354 e. The minimum absolute atomic E-state index is 0.342. The molecule has 5 nitrogen and oxygen atoms in total. The van der Waals surface area contributed by atoms with Crippen LogP contribution in [-0.2, 0) is 11.3 Å². The van der Waals surface area contributed by atoms with Crippen LogP contribution in [0.15, 0.2) is 42.5 Å². The maximum absolute atomic E-state index is 11.8. The van der Waals surface area contributed by atoms with Crippen LogP contribution in [0.4, 0.5) is 0 Å². The van der Waals surface area contributed by atoms with Crippen LogP contribution in [0.2, 0.25) is 0 Å². The van der Waals surface area contributed by atoms with Gasteiger partial charge in [-0.25, -0.2) is 4.79 Å². The predicted molar refractivity (Wildman–Crippen MR) is 100 cm³/mol. The molecule has 0 saturated heterocycles. The molecule has 3 aromatic rings. The lowest BCUT2D eigenvalue weighted by atomic mass is 10.2. The standard InChI is InChI=1S/C21H22N2O3/c1-3-25-21(24)20-14-17-13-18(9-10-19(17)22-20)26-12-11-23(2)15-16-7-5-4-6-8-16/h4-8,13-14,22H,3,11-12,15H2,1-2H3. The summed E-state index contributed by atoms with van der Waals surface area (Å²) in [4.78, 5) is 17.0. The molecule has 0 radical (unpaired) electrons. The number of hydrogen-bond acceptors (Lipinski definition) is 4. The van der Waals surface area contributed by atoms with E-state index in [1.807, 2.05) is 24.3 Å². The second-order valence-electron chi connectivity index (χ2n) is 6.06. The van der Waals surface area contributed by atoms with Crippen LogP contribution in [0.5, 0.6) is 5.75 Å². The van der Waals surface area contributed by atoms with Crippen LogP contribution in [0.3, 0.4) is 0 Å². The maximum Gasteiger partial charge on any atom is 0.354 e.